The van der Waals surface area contributed by atoms with E-state index in [1.165, 1.54) is 24.0 Å². The number of hydrogen-bond donors (Lipinski definition) is 4. The minimum Gasteiger partial charge on any atom is -0.453 e. The Labute approximate surface area is 369 Å². The zero-order valence-corrected chi connectivity index (χ0v) is 36.8. The molecule has 0 bridgehead atoms. The van der Waals surface area contributed by atoms with Crippen LogP contribution in [0, 0.1) is 5.92 Å². The number of urea groups is 1. The van der Waals surface area contributed by atoms with E-state index in [1.807, 2.05) is 87.5 Å². The van der Waals surface area contributed by atoms with Gasteiger partial charge in [-0.15, -0.1) is 0 Å². The summed E-state index contributed by atoms with van der Waals surface area (Å²) in [6, 6.07) is 20.3. The van der Waals surface area contributed by atoms with E-state index in [0.29, 0.717) is 55.7 Å². The number of alkyl carbamates (subject to hydrolysis) is 1. The van der Waals surface area contributed by atoms with Gasteiger partial charge in [0.15, 0.2) is 0 Å². The first-order valence-corrected chi connectivity index (χ1v) is 21.6. The molecule has 15 nitrogen and oxygen atoms in total. The first kappa shape index (κ1) is 46.2. The molecule has 3 aliphatic rings. The molecule has 0 aromatic heterocycles. The molecule has 2 aliphatic heterocycles. The molecule has 2 heterocycles. The van der Waals surface area contributed by atoms with Gasteiger partial charge in [-0.3, -0.25) is 19.8 Å². The number of likely N-dealkylation sites (tertiary alicyclic amines) is 2. The van der Waals surface area contributed by atoms with Crippen molar-refractivity contribution in [2.24, 2.45) is 11.7 Å². The number of nitrogens with one attached hydrogen (secondary N) is 3. The Morgan fingerprint density at radius 3 is 2.19 bits per heavy atom. The van der Waals surface area contributed by atoms with E-state index in [-0.39, 0.29) is 34.8 Å². The lowest BCUT2D eigenvalue weighted by Gasteiger charge is -2.36. The van der Waals surface area contributed by atoms with Crippen molar-refractivity contribution in [1.82, 2.24) is 15.5 Å². The first-order chi connectivity index (χ1) is 30.2. The van der Waals surface area contributed by atoms with Crippen LogP contribution in [0.3, 0.4) is 0 Å². The number of anilines is 2. The molecule has 0 saturated carbocycles. The maximum absolute atomic E-state index is 14.1. The highest BCUT2D eigenvalue weighted by molar-refractivity contribution is 5.95. The molecule has 3 aromatic rings. The molecule has 7 amide bonds. The van der Waals surface area contributed by atoms with Crippen molar-refractivity contribution < 1.29 is 42.7 Å². The fourth-order valence-corrected chi connectivity index (χ4v) is 8.83. The number of ether oxygens (including phenoxy) is 2. The summed E-state index contributed by atoms with van der Waals surface area (Å²) < 4.78 is 9.65. The van der Waals surface area contributed by atoms with Crippen molar-refractivity contribution in [3.8, 4) is 0 Å². The molecule has 2 saturated heterocycles. The smallest absolute Gasteiger partial charge is 0.428 e. The number of amides is 7. The second kappa shape index (κ2) is 20.2. The number of benzene rings is 3. The molecule has 0 spiro atoms. The van der Waals surface area contributed by atoms with Gasteiger partial charge in [0.1, 0.15) is 24.2 Å². The summed E-state index contributed by atoms with van der Waals surface area (Å²) in [6.45, 7) is 6.60. The predicted molar refractivity (Wildman–Crippen MR) is 239 cm³/mol. The SMILES string of the molecule is COC(=O)N[C@@H](C(=O)N1CCC[C@H]1C(=O)NC1(Cc2ccc(N(Cc3ccc(NC(=O)[N+]4(C(=O)[C@@H](N)C(C)C)CCC[C@H]4C)cc3)C(=O)OC)cc2)C=CC=CC1)c1ccccc1. The third kappa shape index (κ3) is 10.3. The minimum atomic E-state index is -1.03. The molecular weight excluding hydrogens is 803 g/mol. The van der Waals surface area contributed by atoms with Gasteiger partial charge in [-0.1, -0.05) is 92.7 Å². The van der Waals surface area contributed by atoms with Crippen LogP contribution in [0.5, 0.6) is 0 Å². The van der Waals surface area contributed by atoms with E-state index >= 15 is 0 Å². The molecule has 3 aromatic carbocycles. The van der Waals surface area contributed by atoms with Crippen molar-refractivity contribution in [2.45, 2.75) is 95.5 Å². The van der Waals surface area contributed by atoms with Crippen molar-refractivity contribution in [3.63, 3.8) is 0 Å². The number of nitrogens with two attached hydrogens (primary N) is 1. The highest BCUT2D eigenvalue weighted by Crippen LogP contribution is 2.32. The normalized spacial score (nSPS) is 22.5. The van der Waals surface area contributed by atoms with E-state index in [4.69, 9.17) is 15.2 Å². The standard InChI is InChI=1S/C48H59N7O8/c1-32(2)40(49)44(58)55(29-13-14-33(55)3)45(59)50-37-22-18-35(19-23-37)31-54(47(61)63-5)38-24-20-34(21-25-38)30-48(26-10-7-11-27-48)52-42(56)39-17-12-28-53(39)43(57)41(51-46(60)62-4)36-15-8-6-9-16-36/h6-11,15-16,18-26,32-33,39-41H,12-14,17,27-31,49H2,1-5H3,(H2-,50,51,52,56,59,60)/p+1/t33-,39+,40+,41-,48?,55?/m1/s1. The number of rotatable bonds is 13. The first-order valence-electron chi connectivity index (χ1n) is 21.6. The van der Waals surface area contributed by atoms with E-state index in [0.717, 1.165) is 24.0 Å². The quantitative estimate of drug-likeness (QED) is 0.139. The molecule has 2 fully saturated rings. The van der Waals surface area contributed by atoms with Crippen LogP contribution in [0.2, 0.25) is 0 Å². The van der Waals surface area contributed by atoms with E-state index in [2.05, 4.69) is 16.0 Å². The van der Waals surface area contributed by atoms with Gasteiger partial charge in [-0.25, -0.2) is 19.2 Å². The Morgan fingerprint density at radius 2 is 1.59 bits per heavy atom. The topological polar surface area (TPSA) is 189 Å². The van der Waals surface area contributed by atoms with Gasteiger partial charge >= 0.3 is 24.1 Å². The van der Waals surface area contributed by atoms with Gasteiger partial charge in [0.2, 0.25) is 5.91 Å². The fourth-order valence-electron chi connectivity index (χ4n) is 8.83. The maximum atomic E-state index is 14.1. The second-order valence-electron chi connectivity index (χ2n) is 17.0. The van der Waals surface area contributed by atoms with Gasteiger partial charge in [-0.2, -0.15) is 4.48 Å². The predicted octanol–water partition coefficient (Wildman–Crippen LogP) is 6.50. The van der Waals surface area contributed by atoms with Crippen LogP contribution in [0.15, 0.2) is 103 Å². The summed E-state index contributed by atoms with van der Waals surface area (Å²) >= 11 is 0. The number of imide groups is 1. The van der Waals surface area contributed by atoms with Crippen molar-refractivity contribution in [1.29, 1.82) is 0 Å². The molecule has 6 rings (SSSR count). The van der Waals surface area contributed by atoms with Crippen LogP contribution < -0.4 is 26.6 Å². The van der Waals surface area contributed by atoms with Gasteiger partial charge < -0.3 is 30.7 Å². The molecule has 15 heteroatoms. The van der Waals surface area contributed by atoms with Crippen molar-refractivity contribution in [3.05, 3.63) is 120 Å². The lowest BCUT2D eigenvalue weighted by atomic mass is 9.84. The fraction of sp³-hybridized carbons (Fsp3) is 0.417. The molecule has 334 valence electrons. The van der Waals surface area contributed by atoms with Gasteiger partial charge in [0.25, 0.3) is 5.91 Å². The third-order valence-electron chi connectivity index (χ3n) is 12.5. The van der Waals surface area contributed by atoms with E-state index < -0.39 is 47.8 Å². The molecule has 0 radical (unpaired) electrons. The zero-order valence-electron chi connectivity index (χ0n) is 36.8. The average molecular weight is 863 g/mol. The molecular formula is C48H60N7O8+. The number of hydrogen-bond acceptors (Lipinski definition) is 9. The third-order valence-corrected chi connectivity index (χ3v) is 12.5. The Bertz CT molecular complexity index is 2200. The number of carbonyl (C=O) groups is 6. The highest BCUT2D eigenvalue weighted by Gasteiger charge is 2.54. The van der Waals surface area contributed by atoms with Gasteiger partial charge in [0, 0.05) is 30.8 Å². The van der Waals surface area contributed by atoms with Crippen LogP contribution in [-0.4, -0.2) is 96.3 Å². The molecule has 2 unspecified atom stereocenters. The number of quaternary nitrogens is 1. The second-order valence-corrected chi connectivity index (χ2v) is 17.0. The summed E-state index contributed by atoms with van der Waals surface area (Å²) in [6.07, 6.45) is 9.98. The average Bonchev–Trinajstić information content (AvgIpc) is 3.95. The largest absolute Gasteiger partial charge is 0.453 e. The zero-order chi connectivity index (χ0) is 45.3. The molecule has 1 aliphatic carbocycles. The lowest BCUT2D eigenvalue weighted by molar-refractivity contribution is -0.783. The molecule has 5 N–H and O–H groups in total. The number of carbonyl (C=O) groups excluding carboxylic acids is 6. The minimum absolute atomic E-state index is 0.106. The summed E-state index contributed by atoms with van der Waals surface area (Å²) in [4.78, 5) is 84.0. The van der Waals surface area contributed by atoms with Crippen LogP contribution in [-0.2, 0) is 36.8 Å². The Hall–Kier alpha value is -6.32. The van der Waals surface area contributed by atoms with Crippen molar-refractivity contribution in [2.75, 3.05) is 37.5 Å². The Balaban J connectivity index is 1.13. The van der Waals surface area contributed by atoms with E-state index in [9.17, 15) is 28.8 Å². The van der Waals surface area contributed by atoms with Gasteiger partial charge in [0.05, 0.1) is 32.8 Å². The lowest BCUT2D eigenvalue weighted by Crippen LogP contribution is -2.65. The van der Waals surface area contributed by atoms with Gasteiger partial charge in [-0.05, 0) is 79.5 Å². The maximum Gasteiger partial charge on any atom is 0.428 e. The van der Waals surface area contributed by atoms with Crippen LogP contribution in [0.1, 0.15) is 75.6 Å². The molecule has 63 heavy (non-hydrogen) atoms. The summed E-state index contributed by atoms with van der Waals surface area (Å²) in [5.74, 6) is -1.07. The van der Waals surface area contributed by atoms with E-state index in [1.54, 1.807) is 36.4 Å². The Morgan fingerprint density at radius 1 is 0.889 bits per heavy atom. The molecule has 6 atom stereocenters. The summed E-state index contributed by atoms with van der Waals surface area (Å²) in [5.41, 5.74) is 8.84. The van der Waals surface area contributed by atoms with Crippen LogP contribution in [0.25, 0.3) is 0 Å². The summed E-state index contributed by atoms with van der Waals surface area (Å²) in [5, 5.41) is 8.86. The monoisotopic (exact) mass is 862 g/mol. The van der Waals surface area contributed by atoms with Crippen molar-refractivity contribution >= 4 is 47.3 Å². The highest BCUT2D eigenvalue weighted by atomic mass is 16.5. The van der Waals surface area contributed by atoms with Crippen LogP contribution in [0.4, 0.5) is 25.8 Å². The number of nitrogens with zero attached hydrogens (tertiary/aromatic N) is 3. The number of allylic oxidation sites excluding steroid dienone is 2. The van der Waals surface area contributed by atoms with Crippen LogP contribution >= 0.6 is 0 Å². The Kier molecular flexibility index (Phi) is 14.8. The summed E-state index contributed by atoms with van der Waals surface area (Å²) in [7, 11) is 2.55. The number of methoxy groups -OCH3 is 2.